The smallest absolute Gasteiger partial charge is 0.295 e. The second kappa shape index (κ2) is 8.47. The fourth-order valence-electron chi connectivity index (χ4n) is 3.56. The van der Waals surface area contributed by atoms with Gasteiger partial charge in [-0.15, -0.1) is 0 Å². The lowest BCUT2D eigenvalue weighted by Crippen LogP contribution is -2.30. The number of amides is 1. The van der Waals surface area contributed by atoms with Gasteiger partial charge in [0.1, 0.15) is 17.3 Å². The third kappa shape index (κ3) is 3.88. The van der Waals surface area contributed by atoms with Crippen molar-refractivity contribution in [2.45, 2.75) is 33.2 Å². The largest absolute Gasteiger partial charge is 0.507 e. The standard InChI is InChI=1S/C23H24FNO4/c1-4-12-25-20(15-6-9-17(10-7-15)29-5-2)19(22(27)23(25)28)21(26)16-8-11-18(24)14(3)13-16/h6-11,13,20,26H,4-5,12H2,1-3H3/b21-19-. The average Bonchev–Trinajstić information content (AvgIpc) is 2.96. The Morgan fingerprint density at radius 3 is 2.41 bits per heavy atom. The second-order valence-electron chi connectivity index (χ2n) is 6.96. The van der Waals surface area contributed by atoms with Gasteiger partial charge in [0.05, 0.1) is 18.2 Å². The number of ketones is 1. The molecule has 152 valence electrons. The minimum atomic E-state index is -0.739. The van der Waals surface area contributed by atoms with Gasteiger partial charge in [0.2, 0.25) is 0 Å². The number of likely N-dealkylation sites (tertiary alicyclic amines) is 1. The Kier molecular flexibility index (Phi) is 6.01. The van der Waals surface area contributed by atoms with Crippen LogP contribution in [0.1, 0.15) is 43.0 Å². The van der Waals surface area contributed by atoms with Gasteiger partial charge in [0.25, 0.3) is 11.7 Å². The van der Waals surface area contributed by atoms with Crippen molar-refractivity contribution in [3.05, 3.63) is 70.5 Å². The molecule has 1 saturated heterocycles. The van der Waals surface area contributed by atoms with Crippen LogP contribution in [0.15, 0.2) is 48.0 Å². The molecule has 1 atom stereocenters. The van der Waals surface area contributed by atoms with E-state index in [1.54, 1.807) is 31.2 Å². The number of carbonyl (C=O) groups excluding carboxylic acids is 2. The first-order valence-electron chi connectivity index (χ1n) is 9.66. The number of nitrogens with zero attached hydrogens (tertiary/aromatic N) is 1. The van der Waals surface area contributed by atoms with E-state index in [9.17, 15) is 19.1 Å². The Hall–Kier alpha value is -3.15. The van der Waals surface area contributed by atoms with Crippen LogP contribution < -0.4 is 4.74 Å². The monoisotopic (exact) mass is 397 g/mol. The van der Waals surface area contributed by atoms with Gasteiger partial charge < -0.3 is 14.7 Å². The molecule has 6 heteroatoms. The molecule has 3 rings (SSSR count). The molecular weight excluding hydrogens is 373 g/mol. The highest BCUT2D eigenvalue weighted by Crippen LogP contribution is 2.40. The van der Waals surface area contributed by atoms with Crippen molar-refractivity contribution < 1.29 is 23.8 Å². The van der Waals surface area contributed by atoms with Crippen molar-refractivity contribution in [2.24, 2.45) is 0 Å². The number of hydrogen-bond acceptors (Lipinski definition) is 4. The summed E-state index contributed by atoms with van der Waals surface area (Å²) in [7, 11) is 0. The van der Waals surface area contributed by atoms with Crippen LogP contribution in [0.4, 0.5) is 4.39 Å². The van der Waals surface area contributed by atoms with Gasteiger partial charge in [-0.25, -0.2) is 4.39 Å². The molecule has 1 amide bonds. The fourth-order valence-corrected chi connectivity index (χ4v) is 3.56. The zero-order valence-corrected chi connectivity index (χ0v) is 16.7. The maximum Gasteiger partial charge on any atom is 0.295 e. The van der Waals surface area contributed by atoms with Crippen LogP contribution in [0.25, 0.3) is 5.76 Å². The topological polar surface area (TPSA) is 66.8 Å². The molecule has 0 bridgehead atoms. The summed E-state index contributed by atoms with van der Waals surface area (Å²) in [4.78, 5) is 26.9. The Bertz CT molecular complexity index is 965. The van der Waals surface area contributed by atoms with Gasteiger partial charge in [-0.1, -0.05) is 19.1 Å². The van der Waals surface area contributed by atoms with Crippen molar-refractivity contribution in [2.75, 3.05) is 13.2 Å². The van der Waals surface area contributed by atoms with Gasteiger partial charge in [0.15, 0.2) is 0 Å². The predicted octanol–water partition coefficient (Wildman–Crippen LogP) is 4.36. The molecule has 1 aliphatic rings. The number of benzene rings is 2. The molecule has 0 spiro atoms. The molecule has 1 unspecified atom stereocenters. The highest BCUT2D eigenvalue weighted by Gasteiger charge is 2.45. The normalized spacial score (nSPS) is 18.3. The number of Topliss-reactive ketones (excluding diaryl/α,β-unsaturated/α-hetero) is 1. The Morgan fingerprint density at radius 1 is 1.14 bits per heavy atom. The first-order valence-corrected chi connectivity index (χ1v) is 9.66. The average molecular weight is 397 g/mol. The number of ether oxygens (including phenoxy) is 1. The summed E-state index contributed by atoms with van der Waals surface area (Å²) < 4.78 is 19.1. The van der Waals surface area contributed by atoms with E-state index in [1.807, 2.05) is 13.8 Å². The third-order valence-corrected chi connectivity index (χ3v) is 4.94. The Balaban J connectivity index is 2.14. The number of aliphatic hydroxyl groups excluding tert-OH is 1. The molecule has 5 nitrogen and oxygen atoms in total. The van der Waals surface area contributed by atoms with E-state index >= 15 is 0 Å². The molecule has 0 radical (unpaired) electrons. The third-order valence-electron chi connectivity index (χ3n) is 4.94. The van der Waals surface area contributed by atoms with Gasteiger partial charge in [-0.05, 0) is 61.7 Å². The number of carbonyl (C=O) groups is 2. The van der Waals surface area contributed by atoms with Crippen LogP contribution in [0.5, 0.6) is 5.75 Å². The Labute approximate surface area is 169 Å². The van der Waals surface area contributed by atoms with E-state index in [4.69, 9.17) is 4.74 Å². The van der Waals surface area contributed by atoms with Gasteiger partial charge in [0, 0.05) is 12.1 Å². The lowest BCUT2D eigenvalue weighted by molar-refractivity contribution is -0.139. The zero-order chi connectivity index (χ0) is 21.1. The maximum absolute atomic E-state index is 13.6. The Morgan fingerprint density at radius 2 is 1.83 bits per heavy atom. The summed E-state index contributed by atoms with van der Waals surface area (Å²) in [5.74, 6) is -1.42. The lowest BCUT2D eigenvalue weighted by atomic mass is 9.94. The number of rotatable bonds is 6. The van der Waals surface area contributed by atoms with Crippen molar-refractivity contribution in [3.8, 4) is 5.75 Å². The van der Waals surface area contributed by atoms with E-state index in [2.05, 4.69) is 0 Å². The number of hydrogen-bond donors (Lipinski definition) is 1. The van der Waals surface area contributed by atoms with E-state index < -0.39 is 23.5 Å². The number of halogens is 1. The van der Waals surface area contributed by atoms with Crippen LogP contribution in [0, 0.1) is 12.7 Å². The molecule has 1 N–H and O–H groups in total. The van der Waals surface area contributed by atoms with E-state index in [0.29, 0.717) is 42.0 Å². The van der Waals surface area contributed by atoms with E-state index in [0.717, 1.165) is 0 Å². The van der Waals surface area contributed by atoms with Crippen LogP contribution in [-0.2, 0) is 9.59 Å². The first kappa shape index (κ1) is 20.6. The number of aryl methyl sites for hydroxylation is 1. The van der Waals surface area contributed by atoms with E-state index in [-0.39, 0.29) is 11.3 Å². The molecular formula is C23H24FNO4. The summed E-state index contributed by atoms with van der Waals surface area (Å²) in [5, 5.41) is 10.9. The summed E-state index contributed by atoms with van der Waals surface area (Å²) in [6, 6.07) is 10.5. The minimum absolute atomic E-state index is 0.0126. The number of aliphatic hydroxyl groups is 1. The molecule has 0 saturated carbocycles. The maximum atomic E-state index is 13.6. The summed E-state index contributed by atoms with van der Waals surface area (Å²) in [6.45, 7) is 6.28. The molecule has 2 aromatic carbocycles. The highest BCUT2D eigenvalue weighted by atomic mass is 19.1. The minimum Gasteiger partial charge on any atom is -0.507 e. The van der Waals surface area contributed by atoms with Crippen molar-refractivity contribution >= 4 is 17.4 Å². The molecule has 0 aromatic heterocycles. The van der Waals surface area contributed by atoms with Gasteiger partial charge in [-0.2, -0.15) is 0 Å². The molecule has 0 aliphatic carbocycles. The summed E-state index contributed by atoms with van der Waals surface area (Å²) in [5.41, 5.74) is 1.35. The van der Waals surface area contributed by atoms with Crippen LogP contribution in [-0.4, -0.2) is 34.8 Å². The predicted molar refractivity (Wildman–Crippen MR) is 108 cm³/mol. The van der Waals surface area contributed by atoms with Crippen LogP contribution >= 0.6 is 0 Å². The fraction of sp³-hybridized carbons (Fsp3) is 0.304. The van der Waals surface area contributed by atoms with Crippen molar-refractivity contribution in [3.63, 3.8) is 0 Å². The lowest BCUT2D eigenvalue weighted by Gasteiger charge is -2.25. The molecule has 1 fully saturated rings. The van der Waals surface area contributed by atoms with Crippen LogP contribution in [0.3, 0.4) is 0 Å². The molecule has 1 aliphatic heterocycles. The quantitative estimate of drug-likeness (QED) is 0.447. The molecule has 2 aromatic rings. The molecule has 29 heavy (non-hydrogen) atoms. The van der Waals surface area contributed by atoms with Crippen molar-refractivity contribution in [1.82, 2.24) is 4.90 Å². The first-order chi connectivity index (χ1) is 13.9. The summed E-state index contributed by atoms with van der Waals surface area (Å²) >= 11 is 0. The summed E-state index contributed by atoms with van der Waals surface area (Å²) in [6.07, 6.45) is 0.663. The van der Waals surface area contributed by atoms with Crippen molar-refractivity contribution in [1.29, 1.82) is 0 Å². The zero-order valence-electron chi connectivity index (χ0n) is 16.7. The second-order valence-corrected chi connectivity index (χ2v) is 6.96. The SMILES string of the molecule is CCCN1C(=O)C(=O)/C(=C(\O)c2ccc(F)c(C)c2)C1c1ccc(OCC)cc1. The van der Waals surface area contributed by atoms with E-state index in [1.165, 1.54) is 23.1 Å². The molecule has 1 heterocycles. The van der Waals surface area contributed by atoms with Gasteiger partial charge in [-0.3, -0.25) is 9.59 Å². The highest BCUT2D eigenvalue weighted by molar-refractivity contribution is 6.46. The van der Waals surface area contributed by atoms with Crippen LogP contribution in [0.2, 0.25) is 0 Å². The van der Waals surface area contributed by atoms with Gasteiger partial charge >= 0.3 is 0 Å².